The van der Waals surface area contributed by atoms with Crippen LogP contribution in [0.3, 0.4) is 0 Å². The van der Waals surface area contributed by atoms with Crippen molar-refractivity contribution in [1.82, 2.24) is 5.32 Å². The third-order valence-corrected chi connectivity index (χ3v) is 4.83. The molecule has 0 fully saturated rings. The molecule has 2 aromatic carbocycles. The Bertz CT molecular complexity index is 1100. The Hall–Kier alpha value is -3.28. The van der Waals surface area contributed by atoms with E-state index in [0.717, 1.165) is 27.8 Å². The lowest BCUT2D eigenvalue weighted by atomic mass is 9.98. The molecule has 0 saturated carbocycles. The second-order valence-electron chi connectivity index (χ2n) is 6.99. The number of ether oxygens (including phenoxy) is 2. The van der Waals surface area contributed by atoms with E-state index < -0.39 is 5.63 Å². The Balaban J connectivity index is 1.44. The zero-order chi connectivity index (χ0) is 19.7. The van der Waals surface area contributed by atoms with Gasteiger partial charge < -0.3 is 19.2 Å². The molecule has 1 aliphatic rings. The van der Waals surface area contributed by atoms with Gasteiger partial charge in [-0.05, 0) is 37.6 Å². The third-order valence-electron chi connectivity index (χ3n) is 4.83. The fourth-order valence-corrected chi connectivity index (χ4v) is 3.44. The molecular weight excluding hydrogens is 358 g/mol. The first-order valence-corrected chi connectivity index (χ1v) is 9.19. The van der Waals surface area contributed by atoms with E-state index in [1.54, 1.807) is 12.1 Å². The number of aryl methyl sites for hydroxylation is 2. The van der Waals surface area contributed by atoms with E-state index in [1.807, 2.05) is 38.1 Å². The average Bonchev–Trinajstić information content (AvgIpc) is 2.66. The fraction of sp³-hybridized carbons (Fsp3) is 0.273. The summed E-state index contributed by atoms with van der Waals surface area (Å²) in [6, 6.07) is 12.5. The molecular formula is C22H21NO5. The molecule has 1 aromatic heterocycles. The molecule has 6 heteroatoms. The molecule has 0 saturated heterocycles. The molecule has 1 unspecified atom stereocenters. The molecule has 144 valence electrons. The highest BCUT2D eigenvalue weighted by atomic mass is 16.5. The number of fused-ring (bicyclic) bond motifs is 2. The Morgan fingerprint density at radius 3 is 2.89 bits per heavy atom. The summed E-state index contributed by atoms with van der Waals surface area (Å²) in [7, 11) is 0. The first-order chi connectivity index (χ1) is 13.5. The molecule has 0 spiro atoms. The molecule has 0 aliphatic carbocycles. The summed E-state index contributed by atoms with van der Waals surface area (Å²) < 4.78 is 16.5. The molecule has 0 radical (unpaired) electrons. The van der Waals surface area contributed by atoms with E-state index in [0.29, 0.717) is 24.4 Å². The highest BCUT2D eigenvalue weighted by molar-refractivity contribution is 5.82. The second-order valence-corrected chi connectivity index (χ2v) is 6.99. The fourth-order valence-electron chi connectivity index (χ4n) is 3.44. The van der Waals surface area contributed by atoms with E-state index in [2.05, 4.69) is 5.32 Å². The van der Waals surface area contributed by atoms with Crippen LogP contribution in [-0.4, -0.2) is 19.1 Å². The molecule has 1 N–H and O–H groups in total. The number of amides is 1. The van der Waals surface area contributed by atoms with Gasteiger partial charge in [0.05, 0.1) is 12.6 Å². The minimum atomic E-state index is -0.409. The van der Waals surface area contributed by atoms with Crippen LogP contribution in [0.1, 0.15) is 29.2 Å². The van der Waals surface area contributed by atoms with Crippen LogP contribution >= 0.6 is 0 Å². The minimum Gasteiger partial charge on any atom is -0.493 e. The summed E-state index contributed by atoms with van der Waals surface area (Å²) in [5, 5.41) is 3.85. The summed E-state index contributed by atoms with van der Waals surface area (Å²) in [5.41, 5.74) is 2.98. The molecule has 2 heterocycles. The van der Waals surface area contributed by atoms with Gasteiger partial charge in [0.1, 0.15) is 17.1 Å². The van der Waals surface area contributed by atoms with Gasteiger partial charge in [-0.15, -0.1) is 0 Å². The van der Waals surface area contributed by atoms with Crippen molar-refractivity contribution < 1.29 is 18.7 Å². The lowest BCUT2D eigenvalue weighted by Crippen LogP contribution is -2.35. The molecule has 1 atom stereocenters. The van der Waals surface area contributed by atoms with Crippen LogP contribution in [0.5, 0.6) is 11.5 Å². The van der Waals surface area contributed by atoms with Crippen molar-refractivity contribution in [3.05, 3.63) is 69.6 Å². The van der Waals surface area contributed by atoms with Crippen LogP contribution in [0.2, 0.25) is 0 Å². The number of hydrogen-bond acceptors (Lipinski definition) is 5. The average molecular weight is 379 g/mol. The summed E-state index contributed by atoms with van der Waals surface area (Å²) in [6.07, 6.45) is 0.711. The first kappa shape index (κ1) is 18.1. The van der Waals surface area contributed by atoms with Crippen molar-refractivity contribution in [2.24, 2.45) is 0 Å². The topological polar surface area (TPSA) is 77.8 Å². The second kappa shape index (κ2) is 7.38. The molecule has 3 aromatic rings. The maximum absolute atomic E-state index is 12.4. The lowest BCUT2D eigenvalue weighted by Gasteiger charge is -2.27. The van der Waals surface area contributed by atoms with Gasteiger partial charge in [0, 0.05) is 29.5 Å². The SMILES string of the molecule is Cc1ccc2c(c1)C(NC(=O)COc1ccc3c(C)cc(=O)oc3c1)CCO2. The predicted octanol–water partition coefficient (Wildman–Crippen LogP) is 3.43. The Morgan fingerprint density at radius 2 is 2.04 bits per heavy atom. The quantitative estimate of drug-likeness (QED) is 0.703. The number of nitrogens with one attached hydrogen (secondary N) is 1. The standard InChI is InChI=1S/C22H21NO5/c1-13-3-6-19-17(9-13)18(7-8-26-19)23-21(24)12-27-15-4-5-16-14(2)10-22(25)28-20(16)11-15/h3-6,9-11,18H,7-8,12H2,1-2H3,(H,23,24). The van der Waals surface area contributed by atoms with Crippen molar-refractivity contribution in [3.8, 4) is 11.5 Å². The smallest absolute Gasteiger partial charge is 0.336 e. The van der Waals surface area contributed by atoms with Crippen molar-refractivity contribution in [2.75, 3.05) is 13.2 Å². The number of benzene rings is 2. The van der Waals surface area contributed by atoms with Crippen LogP contribution < -0.4 is 20.4 Å². The van der Waals surface area contributed by atoms with Crippen LogP contribution in [0, 0.1) is 13.8 Å². The highest BCUT2D eigenvalue weighted by Crippen LogP contribution is 2.32. The number of carbonyl (C=O) groups is 1. The minimum absolute atomic E-state index is 0.1000. The van der Waals surface area contributed by atoms with Crippen molar-refractivity contribution in [1.29, 1.82) is 0 Å². The molecule has 1 amide bonds. The summed E-state index contributed by atoms with van der Waals surface area (Å²) in [4.78, 5) is 23.9. The molecule has 0 bridgehead atoms. The van der Waals surface area contributed by atoms with E-state index in [4.69, 9.17) is 13.9 Å². The maximum Gasteiger partial charge on any atom is 0.336 e. The van der Waals surface area contributed by atoms with Gasteiger partial charge in [0.25, 0.3) is 5.91 Å². The first-order valence-electron chi connectivity index (χ1n) is 9.19. The molecule has 6 nitrogen and oxygen atoms in total. The normalized spacial score (nSPS) is 15.6. The largest absolute Gasteiger partial charge is 0.493 e. The van der Waals surface area contributed by atoms with Crippen LogP contribution in [-0.2, 0) is 4.79 Å². The molecule has 1 aliphatic heterocycles. The van der Waals surface area contributed by atoms with Gasteiger partial charge in [-0.3, -0.25) is 4.79 Å². The van der Waals surface area contributed by atoms with Crippen molar-refractivity contribution in [3.63, 3.8) is 0 Å². The Kier molecular flexibility index (Phi) is 4.77. The third kappa shape index (κ3) is 3.71. The van der Waals surface area contributed by atoms with E-state index in [1.165, 1.54) is 6.07 Å². The van der Waals surface area contributed by atoms with Gasteiger partial charge in [0.15, 0.2) is 6.61 Å². The van der Waals surface area contributed by atoms with Gasteiger partial charge in [-0.25, -0.2) is 4.79 Å². The van der Waals surface area contributed by atoms with Gasteiger partial charge in [0.2, 0.25) is 0 Å². The van der Waals surface area contributed by atoms with Crippen LogP contribution in [0.4, 0.5) is 0 Å². The van der Waals surface area contributed by atoms with Gasteiger partial charge in [-0.1, -0.05) is 17.7 Å². The molecule has 28 heavy (non-hydrogen) atoms. The zero-order valence-corrected chi connectivity index (χ0v) is 15.8. The Labute approximate surface area is 162 Å². The Morgan fingerprint density at radius 1 is 1.18 bits per heavy atom. The maximum atomic E-state index is 12.4. The number of carbonyl (C=O) groups excluding carboxylic acids is 1. The molecule has 4 rings (SSSR count). The van der Waals surface area contributed by atoms with Crippen LogP contribution in [0.15, 0.2) is 51.7 Å². The zero-order valence-electron chi connectivity index (χ0n) is 15.8. The number of rotatable bonds is 4. The van der Waals surface area contributed by atoms with E-state index >= 15 is 0 Å². The van der Waals surface area contributed by atoms with Crippen molar-refractivity contribution in [2.45, 2.75) is 26.3 Å². The summed E-state index contributed by atoms with van der Waals surface area (Å²) in [5.74, 6) is 1.06. The lowest BCUT2D eigenvalue weighted by molar-refractivity contribution is -0.124. The predicted molar refractivity (Wildman–Crippen MR) is 105 cm³/mol. The van der Waals surface area contributed by atoms with E-state index in [-0.39, 0.29) is 18.6 Å². The van der Waals surface area contributed by atoms with Crippen molar-refractivity contribution >= 4 is 16.9 Å². The van der Waals surface area contributed by atoms with Gasteiger partial charge >= 0.3 is 5.63 Å². The highest BCUT2D eigenvalue weighted by Gasteiger charge is 2.23. The van der Waals surface area contributed by atoms with E-state index in [9.17, 15) is 9.59 Å². The summed E-state index contributed by atoms with van der Waals surface area (Å²) in [6.45, 7) is 4.29. The number of hydrogen-bond donors (Lipinski definition) is 1. The summed E-state index contributed by atoms with van der Waals surface area (Å²) >= 11 is 0. The monoisotopic (exact) mass is 379 g/mol. The van der Waals surface area contributed by atoms with Gasteiger partial charge in [-0.2, -0.15) is 0 Å². The van der Waals surface area contributed by atoms with Crippen LogP contribution in [0.25, 0.3) is 11.0 Å².